The van der Waals surface area contributed by atoms with Gasteiger partial charge in [0.25, 0.3) is 0 Å². The van der Waals surface area contributed by atoms with Crippen LogP contribution in [0.3, 0.4) is 0 Å². The molecule has 2 bridgehead atoms. The van der Waals surface area contributed by atoms with Gasteiger partial charge in [-0.25, -0.2) is 0 Å². The maximum atomic E-state index is 5.53. The van der Waals surface area contributed by atoms with E-state index in [9.17, 15) is 0 Å². The van der Waals surface area contributed by atoms with Crippen LogP contribution in [0.1, 0.15) is 19.3 Å². The third kappa shape index (κ3) is 1.64. The Bertz CT molecular complexity index is 241. The van der Waals surface area contributed by atoms with Gasteiger partial charge in [-0.3, -0.25) is 0 Å². The van der Waals surface area contributed by atoms with Crippen LogP contribution in [0.25, 0.3) is 0 Å². The monoisotopic (exact) mass is 206 g/mol. The summed E-state index contributed by atoms with van der Waals surface area (Å²) < 4.78 is 0. The molecule has 0 aromatic carbocycles. The first-order chi connectivity index (χ1) is 7.38. The molecule has 1 aliphatic heterocycles. The molecule has 84 valence electrons. The molecule has 3 aliphatic rings. The van der Waals surface area contributed by atoms with Gasteiger partial charge in [0.15, 0.2) is 0 Å². The van der Waals surface area contributed by atoms with Crippen LogP contribution in [-0.4, -0.2) is 31.1 Å². The van der Waals surface area contributed by atoms with Crippen LogP contribution in [0.2, 0.25) is 0 Å². The second-order valence-electron chi connectivity index (χ2n) is 5.53. The van der Waals surface area contributed by atoms with Crippen LogP contribution in [0.15, 0.2) is 12.2 Å². The number of allylic oxidation sites excluding steroid dienone is 2. The minimum Gasteiger partial charge on any atom is -0.330 e. The van der Waals surface area contributed by atoms with E-state index in [2.05, 4.69) is 17.1 Å². The standard InChI is InChI=1S/C13H22N2/c14-5-1-2-6-15-8-12-10-3-4-11(7-10)13(12)9-15/h3-4,10-13H,1-2,5-9,14H2. The second-order valence-corrected chi connectivity index (χ2v) is 5.53. The molecule has 2 heteroatoms. The molecule has 4 atom stereocenters. The molecule has 2 aliphatic carbocycles. The molecule has 2 N–H and O–H groups in total. The predicted molar refractivity (Wildman–Crippen MR) is 62.4 cm³/mol. The summed E-state index contributed by atoms with van der Waals surface area (Å²) in [5, 5.41) is 0. The van der Waals surface area contributed by atoms with Crippen molar-refractivity contribution in [1.82, 2.24) is 4.90 Å². The van der Waals surface area contributed by atoms with Crippen LogP contribution in [0.5, 0.6) is 0 Å². The van der Waals surface area contributed by atoms with E-state index in [1.54, 1.807) is 0 Å². The lowest BCUT2D eigenvalue weighted by atomic mass is 9.86. The molecule has 1 saturated heterocycles. The minimum absolute atomic E-state index is 0.855. The molecule has 0 spiro atoms. The van der Waals surface area contributed by atoms with E-state index in [4.69, 9.17) is 5.73 Å². The Kier molecular flexibility index (Phi) is 2.57. The Hall–Kier alpha value is -0.340. The highest BCUT2D eigenvalue weighted by molar-refractivity contribution is 5.16. The lowest BCUT2D eigenvalue weighted by molar-refractivity contribution is 0.293. The van der Waals surface area contributed by atoms with E-state index in [1.807, 2.05) is 0 Å². The zero-order valence-corrected chi connectivity index (χ0v) is 9.44. The number of unbranched alkanes of at least 4 members (excludes halogenated alkanes) is 1. The van der Waals surface area contributed by atoms with Crippen molar-refractivity contribution in [3.8, 4) is 0 Å². The van der Waals surface area contributed by atoms with E-state index >= 15 is 0 Å². The molecule has 4 unspecified atom stereocenters. The zero-order valence-electron chi connectivity index (χ0n) is 9.44. The van der Waals surface area contributed by atoms with E-state index in [1.165, 1.54) is 38.9 Å². The fourth-order valence-corrected chi connectivity index (χ4v) is 3.90. The van der Waals surface area contributed by atoms with Gasteiger partial charge in [-0.2, -0.15) is 0 Å². The third-order valence-electron chi connectivity index (χ3n) is 4.67. The number of hydrogen-bond acceptors (Lipinski definition) is 2. The van der Waals surface area contributed by atoms with Crippen LogP contribution in [0.4, 0.5) is 0 Å². The van der Waals surface area contributed by atoms with Crippen LogP contribution >= 0.6 is 0 Å². The number of fused-ring (bicyclic) bond motifs is 5. The first-order valence-corrected chi connectivity index (χ1v) is 6.49. The highest BCUT2D eigenvalue weighted by Gasteiger charge is 2.48. The highest BCUT2D eigenvalue weighted by atomic mass is 15.2. The summed E-state index contributed by atoms with van der Waals surface area (Å²) in [5.41, 5.74) is 5.53. The fraction of sp³-hybridized carbons (Fsp3) is 0.846. The molecule has 0 aromatic rings. The molecule has 1 heterocycles. The normalized spacial score (nSPS) is 42.7. The summed E-state index contributed by atoms with van der Waals surface area (Å²) in [4.78, 5) is 2.68. The van der Waals surface area contributed by atoms with Crippen molar-refractivity contribution in [3.63, 3.8) is 0 Å². The Balaban J connectivity index is 1.53. The molecule has 0 amide bonds. The topological polar surface area (TPSA) is 29.3 Å². The van der Waals surface area contributed by atoms with Gasteiger partial charge in [0, 0.05) is 13.1 Å². The van der Waals surface area contributed by atoms with E-state index in [0.29, 0.717) is 0 Å². The van der Waals surface area contributed by atoms with Gasteiger partial charge in [-0.15, -0.1) is 0 Å². The Morgan fingerprint density at radius 2 is 1.73 bits per heavy atom. The smallest absolute Gasteiger partial charge is 0.00188 e. The van der Waals surface area contributed by atoms with Crippen LogP contribution in [0, 0.1) is 23.7 Å². The molecular weight excluding hydrogens is 184 g/mol. The van der Waals surface area contributed by atoms with Gasteiger partial charge in [-0.1, -0.05) is 12.2 Å². The quantitative estimate of drug-likeness (QED) is 0.557. The first kappa shape index (κ1) is 9.86. The summed E-state index contributed by atoms with van der Waals surface area (Å²) in [6, 6.07) is 0. The summed E-state index contributed by atoms with van der Waals surface area (Å²) in [6.45, 7) is 4.86. The van der Waals surface area contributed by atoms with Crippen molar-refractivity contribution < 1.29 is 0 Å². The summed E-state index contributed by atoms with van der Waals surface area (Å²) in [6.07, 6.45) is 8.91. The molecule has 3 rings (SSSR count). The van der Waals surface area contributed by atoms with Crippen molar-refractivity contribution >= 4 is 0 Å². The van der Waals surface area contributed by atoms with Crippen molar-refractivity contribution in [2.45, 2.75) is 19.3 Å². The average molecular weight is 206 g/mol. The Morgan fingerprint density at radius 3 is 2.33 bits per heavy atom. The van der Waals surface area contributed by atoms with E-state index in [0.717, 1.165) is 30.2 Å². The number of likely N-dealkylation sites (tertiary alicyclic amines) is 1. The molecule has 1 saturated carbocycles. The van der Waals surface area contributed by atoms with E-state index < -0.39 is 0 Å². The molecule has 15 heavy (non-hydrogen) atoms. The largest absolute Gasteiger partial charge is 0.330 e. The number of hydrogen-bond donors (Lipinski definition) is 1. The first-order valence-electron chi connectivity index (χ1n) is 6.49. The third-order valence-corrected chi connectivity index (χ3v) is 4.67. The number of rotatable bonds is 4. The molecule has 0 radical (unpaired) electrons. The zero-order chi connectivity index (χ0) is 10.3. The maximum Gasteiger partial charge on any atom is 0.00188 e. The predicted octanol–water partition coefficient (Wildman–Crippen LogP) is 1.48. The number of nitrogens with zero attached hydrogens (tertiary/aromatic N) is 1. The minimum atomic E-state index is 0.855. The van der Waals surface area contributed by atoms with Crippen LogP contribution < -0.4 is 5.73 Å². The maximum absolute atomic E-state index is 5.53. The van der Waals surface area contributed by atoms with Gasteiger partial charge in [-0.05, 0) is 56.0 Å². The molecule has 2 nitrogen and oxygen atoms in total. The van der Waals surface area contributed by atoms with Crippen molar-refractivity contribution in [3.05, 3.63) is 12.2 Å². The lowest BCUT2D eigenvalue weighted by Crippen LogP contribution is -2.24. The Labute approximate surface area is 92.5 Å². The van der Waals surface area contributed by atoms with Gasteiger partial charge in [0.2, 0.25) is 0 Å². The van der Waals surface area contributed by atoms with Gasteiger partial charge >= 0.3 is 0 Å². The average Bonchev–Trinajstić information content (AvgIpc) is 2.89. The van der Waals surface area contributed by atoms with E-state index in [-0.39, 0.29) is 0 Å². The van der Waals surface area contributed by atoms with Crippen LogP contribution in [-0.2, 0) is 0 Å². The molecular formula is C13H22N2. The fourth-order valence-electron chi connectivity index (χ4n) is 3.90. The van der Waals surface area contributed by atoms with Gasteiger partial charge < -0.3 is 10.6 Å². The SMILES string of the molecule is NCCCCN1CC2C3C=CC(C3)C2C1. The molecule has 2 fully saturated rings. The van der Waals surface area contributed by atoms with Gasteiger partial charge in [0.05, 0.1) is 0 Å². The van der Waals surface area contributed by atoms with Gasteiger partial charge in [0.1, 0.15) is 0 Å². The summed E-state index contributed by atoms with van der Waals surface area (Å²) >= 11 is 0. The molecule has 0 aromatic heterocycles. The summed E-state index contributed by atoms with van der Waals surface area (Å²) in [7, 11) is 0. The lowest BCUT2D eigenvalue weighted by Gasteiger charge is -2.17. The van der Waals surface area contributed by atoms with Crippen molar-refractivity contribution in [2.75, 3.05) is 26.2 Å². The van der Waals surface area contributed by atoms with Crippen molar-refractivity contribution in [2.24, 2.45) is 29.4 Å². The van der Waals surface area contributed by atoms with Crippen molar-refractivity contribution in [1.29, 1.82) is 0 Å². The number of nitrogens with two attached hydrogens (primary N) is 1. The Morgan fingerprint density at radius 1 is 1.07 bits per heavy atom. The highest BCUT2D eigenvalue weighted by Crippen LogP contribution is 2.51. The second kappa shape index (κ2) is 3.91. The summed E-state index contributed by atoms with van der Waals surface area (Å²) in [5.74, 6) is 3.86.